The van der Waals surface area contributed by atoms with Crippen molar-refractivity contribution in [1.29, 1.82) is 0 Å². The lowest BCUT2D eigenvalue weighted by atomic mass is 9.93. The molecule has 2 heterocycles. The normalized spacial score (nSPS) is 20.3. The van der Waals surface area contributed by atoms with E-state index in [1.165, 1.54) is 0 Å². The first-order valence-corrected chi connectivity index (χ1v) is 10.7. The van der Waals surface area contributed by atoms with Crippen LogP contribution in [-0.2, 0) is 19.1 Å². The number of hydrogen-bond donors (Lipinski definition) is 2. The molecule has 0 bridgehead atoms. The van der Waals surface area contributed by atoms with Crippen LogP contribution in [0.1, 0.15) is 52.9 Å². The molecule has 0 spiro atoms. The van der Waals surface area contributed by atoms with Gasteiger partial charge in [-0.1, -0.05) is 5.92 Å². The van der Waals surface area contributed by atoms with E-state index in [0.717, 1.165) is 0 Å². The Hall–Kier alpha value is -2.76. The Bertz CT molecular complexity index is 733. The van der Waals surface area contributed by atoms with E-state index >= 15 is 0 Å². The minimum atomic E-state index is -1.08. The number of nitrogens with one attached hydrogen (secondary N) is 1. The highest BCUT2D eigenvalue weighted by atomic mass is 16.6. The molecule has 2 rings (SSSR count). The SMILES string of the molecule is C#CC(CC(=O)O)NC(=O)[C@@H]1CCCN(C(=O)CCC2CN(C(=O)OC(C)(C)C)C2)C1. The summed E-state index contributed by atoms with van der Waals surface area (Å²) >= 11 is 0. The molecule has 0 saturated carbocycles. The van der Waals surface area contributed by atoms with Gasteiger partial charge in [-0.3, -0.25) is 14.4 Å². The fraction of sp³-hybridized carbons (Fsp3) is 0.727. The van der Waals surface area contributed by atoms with E-state index in [2.05, 4.69) is 11.2 Å². The summed E-state index contributed by atoms with van der Waals surface area (Å²) in [6.07, 6.45) is 7.03. The van der Waals surface area contributed by atoms with Crippen molar-refractivity contribution in [2.75, 3.05) is 26.2 Å². The fourth-order valence-corrected chi connectivity index (χ4v) is 3.75. The molecule has 0 radical (unpaired) electrons. The highest BCUT2D eigenvalue weighted by Crippen LogP contribution is 2.24. The predicted molar refractivity (Wildman–Crippen MR) is 113 cm³/mol. The number of ether oxygens (including phenoxy) is 1. The lowest BCUT2D eigenvalue weighted by Crippen LogP contribution is -2.52. The highest BCUT2D eigenvalue weighted by molar-refractivity contribution is 5.82. The zero-order valence-electron chi connectivity index (χ0n) is 18.6. The summed E-state index contributed by atoms with van der Waals surface area (Å²) < 4.78 is 5.33. The average Bonchev–Trinajstić information content (AvgIpc) is 2.64. The second-order valence-corrected chi connectivity index (χ2v) is 9.29. The quantitative estimate of drug-likeness (QED) is 0.585. The van der Waals surface area contributed by atoms with E-state index in [1.54, 1.807) is 9.80 Å². The van der Waals surface area contributed by atoms with Crippen LogP contribution in [0.3, 0.4) is 0 Å². The summed E-state index contributed by atoms with van der Waals surface area (Å²) in [5.74, 6) is 0.756. The van der Waals surface area contributed by atoms with E-state index < -0.39 is 23.5 Å². The van der Waals surface area contributed by atoms with E-state index in [-0.39, 0.29) is 30.2 Å². The molecule has 1 unspecified atom stereocenters. The topological polar surface area (TPSA) is 116 Å². The lowest BCUT2D eigenvalue weighted by molar-refractivity contribution is -0.137. The third-order valence-corrected chi connectivity index (χ3v) is 5.42. The van der Waals surface area contributed by atoms with Crippen molar-refractivity contribution < 1.29 is 29.0 Å². The van der Waals surface area contributed by atoms with E-state index in [9.17, 15) is 19.2 Å². The summed E-state index contributed by atoms with van der Waals surface area (Å²) in [4.78, 5) is 51.2. The van der Waals surface area contributed by atoms with Gasteiger partial charge in [-0.25, -0.2) is 4.79 Å². The van der Waals surface area contributed by atoms with Crippen LogP contribution in [0, 0.1) is 24.2 Å². The maximum atomic E-state index is 12.6. The zero-order valence-corrected chi connectivity index (χ0v) is 18.6. The standard InChI is InChI=1S/C22H33N3O6/c1-5-17(11-19(27)28)23-20(29)16-7-6-10-24(14-16)18(26)9-8-15-12-25(13-15)21(30)31-22(2,3)4/h1,15-17H,6-14H2,2-4H3,(H,23,29)(H,27,28)/t16-,17?/m1/s1. The molecule has 2 aliphatic rings. The zero-order chi connectivity index (χ0) is 23.2. The molecular formula is C22H33N3O6. The van der Waals surface area contributed by atoms with E-state index in [0.29, 0.717) is 51.9 Å². The predicted octanol–water partition coefficient (Wildman–Crippen LogP) is 1.46. The average molecular weight is 436 g/mol. The Morgan fingerprint density at radius 2 is 1.87 bits per heavy atom. The number of piperidine rings is 1. The van der Waals surface area contributed by atoms with Crippen molar-refractivity contribution >= 4 is 23.9 Å². The largest absolute Gasteiger partial charge is 0.481 e. The molecule has 2 atom stereocenters. The molecule has 0 aliphatic carbocycles. The van der Waals surface area contributed by atoms with Crippen LogP contribution in [0.25, 0.3) is 0 Å². The van der Waals surface area contributed by atoms with Crippen molar-refractivity contribution in [2.24, 2.45) is 11.8 Å². The number of amides is 3. The minimum Gasteiger partial charge on any atom is -0.481 e. The van der Waals surface area contributed by atoms with Crippen LogP contribution in [0.15, 0.2) is 0 Å². The molecule has 2 saturated heterocycles. The minimum absolute atomic E-state index is 0.00717. The summed E-state index contributed by atoms with van der Waals surface area (Å²) in [6, 6.07) is -0.859. The van der Waals surface area contributed by atoms with Crippen molar-refractivity contribution in [3.63, 3.8) is 0 Å². The van der Waals surface area contributed by atoms with Gasteiger partial charge in [0.15, 0.2) is 0 Å². The van der Waals surface area contributed by atoms with Crippen LogP contribution in [-0.4, -0.2) is 76.6 Å². The molecule has 0 aromatic rings. The van der Waals surface area contributed by atoms with Gasteiger partial charge in [0.05, 0.1) is 12.3 Å². The molecule has 3 amide bonds. The number of likely N-dealkylation sites (tertiary alicyclic amines) is 2. The van der Waals surface area contributed by atoms with Crippen LogP contribution >= 0.6 is 0 Å². The van der Waals surface area contributed by atoms with E-state index in [1.807, 2.05) is 20.8 Å². The third-order valence-electron chi connectivity index (χ3n) is 5.42. The first kappa shape index (κ1) is 24.5. The smallest absolute Gasteiger partial charge is 0.410 e. The molecule has 9 heteroatoms. The summed E-state index contributed by atoms with van der Waals surface area (Å²) in [5.41, 5.74) is -0.525. The molecule has 172 valence electrons. The van der Waals surface area contributed by atoms with Crippen molar-refractivity contribution in [3.8, 4) is 12.3 Å². The summed E-state index contributed by atoms with van der Waals surface area (Å²) in [5, 5.41) is 11.4. The summed E-state index contributed by atoms with van der Waals surface area (Å²) in [7, 11) is 0. The molecule has 31 heavy (non-hydrogen) atoms. The van der Waals surface area contributed by atoms with E-state index in [4.69, 9.17) is 16.3 Å². The van der Waals surface area contributed by atoms with Gasteiger partial charge in [0.2, 0.25) is 11.8 Å². The number of hydrogen-bond acceptors (Lipinski definition) is 5. The Labute approximate surface area is 183 Å². The number of carbonyl (C=O) groups is 4. The molecule has 2 aliphatic heterocycles. The highest BCUT2D eigenvalue weighted by Gasteiger charge is 2.35. The fourth-order valence-electron chi connectivity index (χ4n) is 3.75. The lowest BCUT2D eigenvalue weighted by Gasteiger charge is -2.40. The van der Waals surface area contributed by atoms with Gasteiger partial charge < -0.3 is 25.0 Å². The van der Waals surface area contributed by atoms with Crippen LogP contribution in [0.2, 0.25) is 0 Å². The molecule has 0 aromatic heterocycles. The van der Waals surface area contributed by atoms with Crippen molar-refractivity contribution in [3.05, 3.63) is 0 Å². The number of carboxylic acid groups (broad SMARTS) is 1. The van der Waals surface area contributed by atoms with Gasteiger partial charge in [0, 0.05) is 32.6 Å². The number of carbonyl (C=O) groups excluding carboxylic acids is 3. The van der Waals surface area contributed by atoms with Gasteiger partial charge in [0.25, 0.3) is 0 Å². The van der Waals surface area contributed by atoms with Gasteiger partial charge in [-0.15, -0.1) is 6.42 Å². The monoisotopic (exact) mass is 435 g/mol. The number of aliphatic carboxylic acids is 1. The molecule has 2 N–H and O–H groups in total. The van der Waals surface area contributed by atoms with Gasteiger partial charge in [-0.2, -0.15) is 0 Å². The molecule has 2 fully saturated rings. The van der Waals surface area contributed by atoms with Crippen LogP contribution < -0.4 is 5.32 Å². The van der Waals surface area contributed by atoms with Crippen molar-refractivity contribution in [1.82, 2.24) is 15.1 Å². The van der Waals surface area contributed by atoms with Crippen LogP contribution in [0.5, 0.6) is 0 Å². The second-order valence-electron chi connectivity index (χ2n) is 9.29. The van der Waals surface area contributed by atoms with Crippen molar-refractivity contribution in [2.45, 2.75) is 64.5 Å². The Morgan fingerprint density at radius 3 is 2.45 bits per heavy atom. The summed E-state index contributed by atoms with van der Waals surface area (Å²) in [6.45, 7) is 7.56. The van der Waals surface area contributed by atoms with Gasteiger partial charge >= 0.3 is 12.1 Å². The van der Waals surface area contributed by atoms with Gasteiger partial charge in [-0.05, 0) is 46.0 Å². The number of rotatable bonds is 7. The molecular weight excluding hydrogens is 402 g/mol. The number of nitrogens with zero attached hydrogens (tertiary/aromatic N) is 2. The Kier molecular flexibility index (Phi) is 8.31. The first-order valence-electron chi connectivity index (χ1n) is 10.7. The van der Waals surface area contributed by atoms with Gasteiger partial charge in [0.1, 0.15) is 11.6 Å². The maximum absolute atomic E-state index is 12.6. The first-order chi connectivity index (χ1) is 14.5. The third kappa shape index (κ3) is 7.78. The van der Waals surface area contributed by atoms with Crippen LogP contribution in [0.4, 0.5) is 4.79 Å². The Balaban J connectivity index is 1.73. The Morgan fingerprint density at radius 1 is 1.19 bits per heavy atom. The molecule has 9 nitrogen and oxygen atoms in total. The number of carboxylic acids is 1. The second kappa shape index (κ2) is 10.5. The molecule has 0 aromatic carbocycles. The number of terminal acetylenes is 1. The maximum Gasteiger partial charge on any atom is 0.410 e.